The second-order valence-electron chi connectivity index (χ2n) is 4.90. The second-order valence-corrected chi connectivity index (χ2v) is 7.07. The van der Waals surface area contributed by atoms with Crippen molar-refractivity contribution < 1.29 is 4.79 Å². The van der Waals surface area contributed by atoms with E-state index < -0.39 is 5.25 Å². The summed E-state index contributed by atoms with van der Waals surface area (Å²) < 4.78 is 0. The number of benzene rings is 1. The monoisotopic (exact) mass is 371 g/mol. The van der Waals surface area contributed by atoms with Crippen LogP contribution in [0.2, 0.25) is 10.0 Å². The molecule has 1 heterocycles. The summed E-state index contributed by atoms with van der Waals surface area (Å²) in [7, 11) is 0. The fraction of sp³-hybridized carbons (Fsp3) is 0.267. The van der Waals surface area contributed by atoms with Crippen molar-refractivity contribution in [2.75, 3.05) is 0 Å². The van der Waals surface area contributed by atoms with Crippen LogP contribution in [0.4, 0.5) is 0 Å². The van der Waals surface area contributed by atoms with Crippen LogP contribution >= 0.6 is 35.0 Å². The van der Waals surface area contributed by atoms with Gasteiger partial charge in [-0.05, 0) is 31.5 Å². The zero-order chi connectivity index (χ0) is 17.0. The van der Waals surface area contributed by atoms with Gasteiger partial charge in [0.1, 0.15) is 0 Å². The van der Waals surface area contributed by atoms with Gasteiger partial charge in [-0.3, -0.25) is 9.59 Å². The number of amides is 1. The first-order valence-corrected chi connectivity index (χ1v) is 8.47. The average molecular weight is 372 g/mol. The maximum Gasteiger partial charge on any atom is 0.251 e. The summed E-state index contributed by atoms with van der Waals surface area (Å²) in [5.74, 6) is -0.181. The van der Waals surface area contributed by atoms with Crippen LogP contribution in [0.3, 0.4) is 0 Å². The van der Waals surface area contributed by atoms with Crippen molar-refractivity contribution in [3.05, 3.63) is 56.4 Å². The van der Waals surface area contributed by atoms with E-state index in [0.717, 1.165) is 5.56 Å². The van der Waals surface area contributed by atoms with Crippen LogP contribution in [-0.2, 0) is 4.79 Å². The molecule has 2 atom stereocenters. The van der Waals surface area contributed by atoms with E-state index in [4.69, 9.17) is 23.2 Å². The van der Waals surface area contributed by atoms with Crippen LogP contribution in [0.15, 0.2) is 40.4 Å². The maximum atomic E-state index is 12.3. The number of hydrogen-bond acceptors (Lipinski definition) is 4. The minimum atomic E-state index is -0.422. The Morgan fingerprint density at radius 2 is 2.04 bits per heavy atom. The van der Waals surface area contributed by atoms with Gasteiger partial charge in [-0.25, -0.2) is 4.98 Å². The van der Waals surface area contributed by atoms with E-state index in [1.807, 2.05) is 6.92 Å². The second kappa shape index (κ2) is 7.86. The van der Waals surface area contributed by atoms with Gasteiger partial charge >= 0.3 is 0 Å². The lowest BCUT2D eigenvalue weighted by Crippen LogP contribution is -2.33. The highest BCUT2D eigenvalue weighted by Crippen LogP contribution is 2.26. The molecule has 23 heavy (non-hydrogen) atoms. The fourth-order valence-corrected chi connectivity index (χ4v) is 3.26. The van der Waals surface area contributed by atoms with Crippen LogP contribution in [0.5, 0.6) is 0 Å². The molecule has 0 spiro atoms. The molecular weight excluding hydrogens is 357 g/mol. The first-order valence-electron chi connectivity index (χ1n) is 6.84. The number of nitrogens with one attached hydrogen (secondary N) is 2. The number of carbonyl (C=O) groups is 1. The highest BCUT2D eigenvalue weighted by atomic mass is 35.5. The third kappa shape index (κ3) is 4.99. The van der Waals surface area contributed by atoms with Gasteiger partial charge in [0.25, 0.3) is 5.56 Å². The van der Waals surface area contributed by atoms with Crippen molar-refractivity contribution in [1.29, 1.82) is 0 Å². The molecule has 2 rings (SSSR count). The van der Waals surface area contributed by atoms with E-state index >= 15 is 0 Å². The van der Waals surface area contributed by atoms with Crippen LogP contribution in [-0.4, -0.2) is 21.1 Å². The lowest BCUT2D eigenvalue weighted by molar-refractivity contribution is -0.120. The van der Waals surface area contributed by atoms with E-state index in [1.165, 1.54) is 24.0 Å². The van der Waals surface area contributed by atoms with E-state index in [0.29, 0.717) is 15.2 Å². The van der Waals surface area contributed by atoms with E-state index in [1.54, 1.807) is 25.1 Å². The average Bonchev–Trinajstić information content (AvgIpc) is 2.46. The lowest BCUT2D eigenvalue weighted by Gasteiger charge is -2.18. The molecule has 0 fully saturated rings. The number of carbonyl (C=O) groups excluding carboxylic acids is 1. The molecular formula is C15H15Cl2N3O2S. The predicted molar refractivity (Wildman–Crippen MR) is 93.2 cm³/mol. The third-order valence-corrected chi connectivity index (χ3v) is 4.65. The van der Waals surface area contributed by atoms with Crippen molar-refractivity contribution >= 4 is 40.9 Å². The van der Waals surface area contributed by atoms with Gasteiger partial charge in [0.05, 0.1) is 11.3 Å². The highest BCUT2D eigenvalue weighted by Gasteiger charge is 2.19. The molecule has 0 bridgehead atoms. The molecule has 2 N–H and O–H groups in total. The summed E-state index contributed by atoms with van der Waals surface area (Å²) in [6.45, 7) is 3.58. The highest BCUT2D eigenvalue weighted by molar-refractivity contribution is 8.00. The molecule has 0 radical (unpaired) electrons. The third-order valence-electron chi connectivity index (χ3n) is 3.09. The van der Waals surface area contributed by atoms with Crippen molar-refractivity contribution in [3.8, 4) is 0 Å². The smallest absolute Gasteiger partial charge is 0.251 e. The van der Waals surface area contributed by atoms with Gasteiger partial charge in [-0.2, -0.15) is 0 Å². The minimum Gasteiger partial charge on any atom is -0.349 e. The number of halogens is 2. The Bertz CT molecular complexity index is 766. The van der Waals surface area contributed by atoms with E-state index in [2.05, 4.69) is 15.3 Å². The quantitative estimate of drug-likeness (QED) is 0.623. The first-order chi connectivity index (χ1) is 10.9. The van der Waals surface area contributed by atoms with Gasteiger partial charge in [0.2, 0.25) is 5.91 Å². The van der Waals surface area contributed by atoms with Crippen molar-refractivity contribution in [2.24, 2.45) is 0 Å². The summed E-state index contributed by atoms with van der Waals surface area (Å²) in [6, 6.07) is 6.20. The van der Waals surface area contributed by atoms with Crippen molar-refractivity contribution in [1.82, 2.24) is 15.3 Å². The summed E-state index contributed by atoms with van der Waals surface area (Å²) in [5.41, 5.74) is 0.532. The van der Waals surface area contributed by atoms with Gasteiger partial charge in [-0.15, -0.1) is 0 Å². The number of hydrogen-bond donors (Lipinski definition) is 2. The summed E-state index contributed by atoms with van der Waals surface area (Å²) in [6.07, 6.45) is 1.40. The number of aromatic amines is 1. The number of H-pyrrole nitrogens is 1. The van der Waals surface area contributed by atoms with Crippen molar-refractivity contribution in [2.45, 2.75) is 30.3 Å². The number of thioether (sulfide) groups is 1. The Morgan fingerprint density at radius 3 is 2.70 bits per heavy atom. The Morgan fingerprint density at radius 1 is 1.30 bits per heavy atom. The van der Waals surface area contributed by atoms with E-state index in [-0.39, 0.29) is 17.5 Å². The molecule has 5 nitrogen and oxygen atoms in total. The maximum absolute atomic E-state index is 12.3. The first kappa shape index (κ1) is 17.8. The zero-order valence-corrected chi connectivity index (χ0v) is 14.8. The minimum absolute atomic E-state index is 0.181. The summed E-state index contributed by atoms with van der Waals surface area (Å²) in [4.78, 5) is 30.1. The van der Waals surface area contributed by atoms with Crippen molar-refractivity contribution in [3.63, 3.8) is 0 Å². The molecule has 8 heteroatoms. The Balaban J connectivity index is 2.01. The molecule has 0 unspecified atom stereocenters. The number of rotatable bonds is 5. The molecule has 0 saturated heterocycles. The Labute approximate surface area is 147 Å². The molecule has 1 amide bonds. The van der Waals surface area contributed by atoms with Crippen LogP contribution in [0.25, 0.3) is 0 Å². The van der Waals surface area contributed by atoms with Crippen LogP contribution < -0.4 is 10.9 Å². The SMILES string of the molecule is C[C@H](NC(=O)[C@@H](C)Sc1nccc(=O)[nH]1)c1ccc(Cl)cc1Cl. The van der Waals surface area contributed by atoms with Gasteiger partial charge < -0.3 is 10.3 Å². The molecule has 0 aliphatic rings. The molecule has 0 saturated carbocycles. The number of nitrogens with zero attached hydrogens (tertiary/aromatic N) is 1. The standard InChI is InChI=1S/C15H15Cl2N3O2S/c1-8(11-4-3-10(16)7-12(11)17)19-14(22)9(2)23-15-18-6-5-13(21)20-15/h3-9H,1-2H3,(H,19,22)(H,18,20,21)/t8-,9+/m0/s1. The normalized spacial score (nSPS) is 13.4. The van der Waals surface area contributed by atoms with Gasteiger partial charge in [0, 0.05) is 22.3 Å². The molecule has 2 aromatic rings. The summed E-state index contributed by atoms with van der Waals surface area (Å²) in [5, 5.41) is 3.90. The lowest BCUT2D eigenvalue weighted by atomic mass is 10.1. The Hall–Kier alpha value is -1.50. The van der Waals surface area contributed by atoms with Crippen LogP contribution in [0, 0.1) is 0 Å². The molecule has 0 aliphatic carbocycles. The predicted octanol–water partition coefficient (Wildman–Crippen LogP) is 3.43. The molecule has 0 aliphatic heterocycles. The zero-order valence-electron chi connectivity index (χ0n) is 12.5. The fourth-order valence-electron chi connectivity index (χ4n) is 1.89. The van der Waals surface area contributed by atoms with Gasteiger partial charge in [-0.1, -0.05) is 41.0 Å². The van der Waals surface area contributed by atoms with Gasteiger partial charge in [0.15, 0.2) is 5.16 Å². The van der Waals surface area contributed by atoms with Crippen LogP contribution in [0.1, 0.15) is 25.5 Å². The molecule has 122 valence electrons. The topological polar surface area (TPSA) is 74.8 Å². The van der Waals surface area contributed by atoms with E-state index in [9.17, 15) is 9.59 Å². The molecule has 1 aromatic heterocycles. The molecule has 1 aromatic carbocycles. The Kier molecular flexibility index (Phi) is 6.10. The summed E-state index contributed by atoms with van der Waals surface area (Å²) >= 11 is 13.2. The number of aromatic nitrogens is 2. The largest absolute Gasteiger partial charge is 0.349 e.